The second kappa shape index (κ2) is 22.2. The molecule has 3 aromatic rings. The Kier molecular flexibility index (Phi) is 22.1. The van der Waals surface area contributed by atoms with Crippen molar-refractivity contribution in [3.63, 3.8) is 0 Å². The molecule has 0 aliphatic carbocycles. The number of carbonyl (C=O) groups excluding carboxylic acids is 3. The van der Waals surface area contributed by atoms with Crippen molar-refractivity contribution < 1.29 is 88.0 Å². The number of nitrogens with two attached hydrogens (primary N) is 3. The Bertz CT molecular complexity index is 1440. The van der Waals surface area contributed by atoms with Crippen molar-refractivity contribution in [3.8, 4) is 11.4 Å². The van der Waals surface area contributed by atoms with E-state index in [9.17, 15) is 19.2 Å². The van der Waals surface area contributed by atoms with E-state index in [1.165, 1.54) is 6.42 Å². The summed E-state index contributed by atoms with van der Waals surface area (Å²) in [6, 6.07) is 9.58. The van der Waals surface area contributed by atoms with Gasteiger partial charge in [0.25, 0.3) is 5.56 Å². The summed E-state index contributed by atoms with van der Waals surface area (Å²) in [7, 11) is 1.64. The molecule has 0 saturated heterocycles. The molecule has 2 aliphatic heterocycles. The zero-order chi connectivity index (χ0) is 32.0. The van der Waals surface area contributed by atoms with Gasteiger partial charge in [-0.1, -0.05) is 34.6 Å². The number of hydrogen-bond acceptors (Lipinski definition) is 9. The number of nitrogens with zero attached hydrogens (tertiary/aromatic N) is 2. The summed E-state index contributed by atoms with van der Waals surface area (Å²) in [5, 5.41) is 0.958. The molecule has 44 heavy (non-hydrogen) atoms. The normalized spacial score (nSPS) is 12.7. The molecule has 12 nitrogen and oxygen atoms in total. The summed E-state index contributed by atoms with van der Waals surface area (Å²) in [4.78, 5) is 49.5. The molecule has 0 spiro atoms. The fourth-order valence-corrected chi connectivity index (χ4v) is 4.22. The van der Waals surface area contributed by atoms with Crippen molar-refractivity contribution in [3.05, 3.63) is 71.2 Å². The van der Waals surface area contributed by atoms with Crippen LogP contribution in [-0.4, -0.2) is 40.9 Å². The molecular weight excluding hydrogens is 683 g/mol. The number of benzene rings is 1. The topological polar surface area (TPSA) is 197 Å². The van der Waals surface area contributed by atoms with Gasteiger partial charge in [0, 0.05) is 23.7 Å². The second-order valence-corrected chi connectivity index (χ2v) is 8.57. The minimum absolute atomic E-state index is 0. The fraction of sp³-hybridized carbons (Fsp3) is 0.387. The Labute approximate surface area is 319 Å². The van der Waals surface area contributed by atoms with E-state index in [1.807, 2.05) is 65.0 Å². The number of carbonyl (C=O) groups is 3. The number of nitrogen functional groups attached to an aromatic ring is 1. The zero-order valence-corrected chi connectivity index (χ0v) is 33.8. The molecule has 1 aromatic carbocycles. The van der Waals surface area contributed by atoms with Gasteiger partial charge in [0.2, 0.25) is 5.91 Å². The van der Waals surface area contributed by atoms with E-state index in [4.69, 9.17) is 21.2 Å². The van der Waals surface area contributed by atoms with E-state index in [0.717, 1.165) is 33.4 Å². The number of hydrazine groups is 1. The van der Waals surface area contributed by atoms with Crippen LogP contribution in [0.1, 0.15) is 70.6 Å². The van der Waals surface area contributed by atoms with Crippen molar-refractivity contribution in [1.29, 1.82) is 0 Å². The van der Waals surface area contributed by atoms with Gasteiger partial charge >= 0.3 is 74.9 Å². The first-order valence-electron chi connectivity index (χ1n) is 14.0. The van der Waals surface area contributed by atoms with E-state index in [0.29, 0.717) is 24.2 Å². The van der Waals surface area contributed by atoms with Crippen LogP contribution in [-0.2, 0) is 32.3 Å². The monoisotopic (exact) mass is 730 g/mol. The van der Waals surface area contributed by atoms with Crippen LogP contribution in [0.5, 0.6) is 0 Å². The fourth-order valence-electron chi connectivity index (χ4n) is 4.22. The van der Waals surface area contributed by atoms with Crippen LogP contribution in [0.15, 0.2) is 35.1 Å². The third-order valence-electron chi connectivity index (χ3n) is 6.06. The molecule has 1 unspecified atom stereocenters. The van der Waals surface area contributed by atoms with Crippen LogP contribution in [0, 0.1) is 13.8 Å². The van der Waals surface area contributed by atoms with Gasteiger partial charge < -0.3 is 50.6 Å². The maximum atomic E-state index is 13.0. The van der Waals surface area contributed by atoms with Gasteiger partial charge in [-0.25, -0.2) is 10.4 Å². The molecule has 0 radical (unpaired) electrons. The molecule has 0 fully saturated rings. The molecular formula is C31H47CsN7O5-. The van der Waals surface area contributed by atoms with Gasteiger partial charge in [0.1, 0.15) is 6.61 Å². The maximum Gasteiger partial charge on any atom is 1.00 e. The first-order chi connectivity index (χ1) is 20.1. The largest absolute Gasteiger partial charge is 1.00 e. The third kappa shape index (κ3) is 11.2. The molecule has 0 bridgehead atoms. The number of cyclic esters (lactones) is 1. The van der Waals surface area contributed by atoms with Crippen molar-refractivity contribution in [2.45, 2.75) is 67.0 Å². The molecule has 0 saturated carbocycles. The van der Waals surface area contributed by atoms with Gasteiger partial charge in [-0.15, -0.1) is 0 Å². The van der Waals surface area contributed by atoms with Crippen molar-refractivity contribution in [1.82, 2.24) is 20.4 Å². The number of nitrogens with one attached hydrogen (secondary N) is 2. The van der Waals surface area contributed by atoms with E-state index < -0.39 is 5.91 Å². The summed E-state index contributed by atoms with van der Waals surface area (Å²) >= 11 is 0. The molecule has 1 atom stereocenters. The van der Waals surface area contributed by atoms with Crippen LogP contribution in [0.25, 0.3) is 22.3 Å². The Morgan fingerprint density at radius 3 is 2.25 bits per heavy atom. The second-order valence-electron chi connectivity index (χ2n) is 8.57. The number of fused-ring (bicyclic) bond motifs is 5. The van der Waals surface area contributed by atoms with E-state index >= 15 is 0 Å². The summed E-state index contributed by atoms with van der Waals surface area (Å²) < 4.78 is 6.95. The van der Waals surface area contributed by atoms with Crippen molar-refractivity contribution in [2.75, 3.05) is 19.3 Å². The predicted molar refractivity (Wildman–Crippen MR) is 172 cm³/mol. The quantitative estimate of drug-likeness (QED) is 0.0828. The van der Waals surface area contributed by atoms with Crippen LogP contribution in [0.2, 0.25) is 0 Å². The van der Waals surface area contributed by atoms with Crippen LogP contribution < -0.4 is 103 Å². The Morgan fingerprint density at radius 2 is 1.75 bits per heavy atom. The third-order valence-corrected chi connectivity index (χ3v) is 6.06. The molecule has 4 heterocycles. The smallest absolute Gasteiger partial charge is 0.460 e. The van der Waals surface area contributed by atoms with E-state index in [2.05, 4.69) is 16.6 Å². The standard InChI is InChI=1S/C20H17N3O3.C4H9N2O.C2H6N2O.2C2H6.CH3.Cs/c1-2-13-14-7-17-18-11(5-10-6-12(21)3-4-16(10)22-18)8-23(17)19(24)15(14)9-26-20(13)25;1-3-4(7)6-5-2;3-1-2(4)5;2*1-2;;/h3-7,13H,2,8-9,21H2,1H3;3,5H,1-2H3,(H,6,7);1,3H2,(H2,4,5);2*1-2H3;1H3;/q;-1;;;;-1;+1. The van der Waals surface area contributed by atoms with Crippen molar-refractivity contribution in [2.24, 2.45) is 11.5 Å². The SMILES string of the molecule is CC.CC.CCC1C(=O)OCc2c1cc1n(c2=O)Cc2cc3cc(N)ccc3nc2-1.C[CH-]C(=O)NNC.NCC(N)=O.[CH3-].[Cs+]. The summed E-state index contributed by atoms with van der Waals surface area (Å²) in [6.07, 6.45) is 2.04. The Morgan fingerprint density at radius 1 is 1.14 bits per heavy atom. The molecule has 5 rings (SSSR count). The number of amides is 2. The van der Waals surface area contributed by atoms with Crippen LogP contribution >= 0.6 is 0 Å². The molecule has 2 aromatic heterocycles. The maximum absolute atomic E-state index is 13.0. The summed E-state index contributed by atoms with van der Waals surface area (Å²) in [5.41, 5.74) is 25.3. The number of aromatic nitrogens is 2. The van der Waals surface area contributed by atoms with Crippen molar-refractivity contribution >= 4 is 34.4 Å². The van der Waals surface area contributed by atoms with E-state index in [-0.39, 0.29) is 113 Å². The summed E-state index contributed by atoms with van der Waals surface area (Å²) in [5.74, 6) is -1.22. The minimum Gasteiger partial charge on any atom is -0.460 e. The Balaban J connectivity index is 0. The minimum atomic E-state index is -0.468. The van der Waals surface area contributed by atoms with E-state index in [1.54, 1.807) is 18.5 Å². The molecule has 8 N–H and O–H groups in total. The van der Waals surface area contributed by atoms with Gasteiger partial charge in [-0.3, -0.25) is 14.4 Å². The number of pyridine rings is 2. The van der Waals surface area contributed by atoms with Crippen LogP contribution in [0.3, 0.4) is 0 Å². The van der Waals surface area contributed by atoms with Gasteiger partial charge in [0.15, 0.2) is 0 Å². The predicted octanol–water partition coefficient (Wildman–Crippen LogP) is -0.0439. The molecule has 13 heteroatoms. The summed E-state index contributed by atoms with van der Waals surface area (Å²) in [6.45, 7) is 12.1. The number of primary amides is 1. The Hall–Kier alpha value is -2.37. The average Bonchev–Trinajstić information content (AvgIpc) is 3.36. The van der Waals surface area contributed by atoms with Crippen LogP contribution in [0.4, 0.5) is 5.69 Å². The number of esters is 1. The number of hydrogen-bond donors (Lipinski definition) is 5. The number of rotatable bonds is 4. The number of ether oxygens (including phenoxy) is 1. The van der Waals surface area contributed by atoms with Gasteiger partial charge in [-0.2, -0.15) is 6.92 Å². The molecule has 2 aliphatic rings. The molecule has 2 amide bonds. The zero-order valence-electron chi connectivity index (χ0n) is 27.5. The molecule has 238 valence electrons. The average molecular weight is 731 g/mol. The van der Waals surface area contributed by atoms with Gasteiger partial charge in [0.05, 0.1) is 47.4 Å². The number of anilines is 1. The first kappa shape index (κ1) is 43.8. The first-order valence-corrected chi connectivity index (χ1v) is 14.0. The van der Waals surface area contributed by atoms with Gasteiger partial charge in [-0.05, 0) is 42.3 Å².